The van der Waals surface area contributed by atoms with E-state index < -0.39 is 0 Å². The Hall–Kier alpha value is -1.24. The molecule has 0 aliphatic heterocycles. The summed E-state index contributed by atoms with van der Waals surface area (Å²) < 4.78 is 4.80. The third-order valence-corrected chi connectivity index (χ3v) is 3.22. The van der Waals surface area contributed by atoms with Crippen LogP contribution in [0.15, 0.2) is 12.2 Å². The van der Waals surface area contributed by atoms with E-state index >= 15 is 0 Å². The molecule has 1 aliphatic carbocycles. The Labute approximate surface area is 91.3 Å². The molecule has 0 aromatic rings. The van der Waals surface area contributed by atoms with Gasteiger partial charge in [-0.05, 0) is 23.6 Å². The molecule has 80 valence electrons. The van der Waals surface area contributed by atoms with Gasteiger partial charge in [-0.25, -0.2) is 5.26 Å². The molecule has 15 heavy (non-hydrogen) atoms. The molecule has 0 saturated heterocycles. The van der Waals surface area contributed by atoms with E-state index in [0.29, 0.717) is 7.28 Å². The van der Waals surface area contributed by atoms with Gasteiger partial charge in [0.25, 0.3) is 7.28 Å². The number of carbonyl (C=O) groups excluding carboxylic acids is 1. The Morgan fingerprint density at radius 2 is 2.00 bits per heavy atom. The van der Waals surface area contributed by atoms with Crippen molar-refractivity contribution in [1.82, 2.24) is 0 Å². The summed E-state index contributed by atoms with van der Waals surface area (Å²) in [6, 6.07) is 0. The van der Waals surface area contributed by atoms with Gasteiger partial charge in [-0.1, -0.05) is 26.0 Å². The number of hydrogen-bond donors (Lipinski definition) is 0. The molecule has 0 bridgehead atoms. The normalized spacial score (nSPS) is 34.3. The highest BCUT2D eigenvalue weighted by atomic mass is 16.5. The van der Waals surface area contributed by atoms with Crippen molar-refractivity contribution in [3.05, 3.63) is 12.2 Å². The molecule has 0 aromatic heterocycles. The van der Waals surface area contributed by atoms with E-state index in [1.807, 2.05) is 19.9 Å². The van der Waals surface area contributed by atoms with E-state index in [9.17, 15) is 4.79 Å². The van der Waals surface area contributed by atoms with Crippen molar-refractivity contribution in [3.8, 4) is 5.97 Å². The van der Waals surface area contributed by atoms with Crippen molar-refractivity contribution in [1.29, 1.82) is 5.26 Å². The molecule has 0 heterocycles. The van der Waals surface area contributed by atoms with E-state index in [4.69, 9.17) is 10.00 Å². The lowest BCUT2D eigenvalue weighted by atomic mass is 9.52. The topological polar surface area (TPSA) is 50.1 Å². The zero-order valence-corrected chi connectivity index (χ0v) is 9.43. The van der Waals surface area contributed by atoms with E-state index in [-0.39, 0.29) is 29.5 Å². The van der Waals surface area contributed by atoms with Crippen LogP contribution in [0.5, 0.6) is 0 Å². The van der Waals surface area contributed by atoms with Crippen molar-refractivity contribution >= 4 is 13.2 Å². The maximum Gasteiger partial charge on any atom is 0.308 e. The van der Waals surface area contributed by atoms with E-state index in [1.54, 1.807) is 0 Å². The van der Waals surface area contributed by atoms with Crippen molar-refractivity contribution in [2.45, 2.75) is 19.7 Å². The second-order valence-corrected chi connectivity index (χ2v) is 4.18. The largest absolute Gasteiger partial charge is 0.469 e. The van der Waals surface area contributed by atoms with Gasteiger partial charge in [0.05, 0.1) is 13.0 Å². The van der Waals surface area contributed by atoms with Crippen LogP contribution in [0.3, 0.4) is 0 Å². The first kappa shape index (κ1) is 11.8. The zero-order chi connectivity index (χ0) is 11.4. The molecule has 4 heteroatoms. The standard InChI is InChI=1S/C11H16BNO2/c1-7-4-5-8(2)10(12-6-13)9(7)11(14)15-3/h4-5,7-10,12H,1-3H3/t7-,8+,9-,10+/m1/s1. The fourth-order valence-corrected chi connectivity index (χ4v) is 2.27. The second-order valence-electron chi connectivity index (χ2n) is 4.18. The molecule has 0 spiro atoms. The summed E-state index contributed by atoms with van der Waals surface area (Å²) in [6.45, 7) is 4.04. The van der Waals surface area contributed by atoms with Crippen molar-refractivity contribution in [2.75, 3.05) is 7.11 Å². The number of carbonyl (C=O) groups is 1. The van der Waals surface area contributed by atoms with Gasteiger partial charge in [0.15, 0.2) is 0 Å². The number of hydrogen-bond acceptors (Lipinski definition) is 3. The highest BCUT2D eigenvalue weighted by Crippen LogP contribution is 2.38. The van der Waals surface area contributed by atoms with Gasteiger partial charge in [-0.15, -0.1) is 0 Å². The van der Waals surface area contributed by atoms with Crippen LogP contribution >= 0.6 is 0 Å². The van der Waals surface area contributed by atoms with E-state index in [0.717, 1.165) is 0 Å². The summed E-state index contributed by atoms with van der Waals surface area (Å²) >= 11 is 0. The lowest BCUT2D eigenvalue weighted by Crippen LogP contribution is -2.34. The van der Waals surface area contributed by atoms with Crippen LogP contribution in [0, 0.1) is 29.0 Å². The van der Waals surface area contributed by atoms with Crippen molar-refractivity contribution < 1.29 is 9.53 Å². The Morgan fingerprint density at radius 1 is 1.40 bits per heavy atom. The number of methoxy groups -OCH3 is 1. The molecule has 0 saturated carbocycles. The van der Waals surface area contributed by atoms with Gasteiger partial charge < -0.3 is 4.74 Å². The summed E-state index contributed by atoms with van der Waals surface area (Å²) in [5.41, 5.74) is 0. The predicted octanol–water partition coefficient (Wildman–Crippen LogP) is 1.32. The van der Waals surface area contributed by atoms with Gasteiger partial charge in [0, 0.05) is 0 Å². The van der Waals surface area contributed by atoms with Crippen LogP contribution in [-0.4, -0.2) is 20.4 Å². The lowest BCUT2D eigenvalue weighted by molar-refractivity contribution is -0.147. The van der Waals surface area contributed by atoms with Gasteiger partial charge in [0.2, 0.25) is 0 Å². The molecule has 0 aromatic carbocycles. The molecule has 0 fully saturated rings. The highest BCUT2D eigenvalue weighted by molar-refractivity contribution is 6.47. The smallest absolute Gasteiger partial charge is 0.308 e. The van der Waals surface area contributed by atoms with Crippen LogP contribution in [0.25, 0.3) is 0 Å². The Balaban J connectivity index is 2.92. The molecule has 4 atom stereocenters. The maximum absolute atomic E-state index is 11.6. The van der Waals surface area contributed by atoms with Gasteiger partial charge in [-0.2, -0.15) is 0 Å². The van der Waals surface area contributed by atoms with Crippen molar-refractivity contribution in [3.63, 3.8) is 0 Å². The van der Waals surface area contributed by atoms with Gasteiger partial charge in [0.1, 0.15) is 0 Å². The average Bonchev–Trinajstić information content (AvgIpc) is 2.23. The molecular weight excluding hydrogens is 189 g/mol. The summed E-state index contributed by atoms with van der Waals surface area (Å²) in [7, 11) is 1.82. The fraction of sp³-hybridized carbons (Fsp3) is 0.636. The number of allylic oxidation sites excluding steroid dienone is 2. The Morgan fingerprint density at radius 3 is 2.53 bits per heavy atom. The molecule has 0 amide bonds. The minimum Gasteiger partial charge on any atom is -0.469 e. The van der Waals surface area contributed by atoms with E-state index in [2.05, 4.69) is 12.0 Å². The number of esters is 1. The number of rotatable bonds is 2. The predicted molar refractivity (Wildman–Crippen MR) is 59.5 cm³/mol. The maximum atomic E-state index is 11.6. The monoisotopic (exact) mass is 205 g/mol. The first-order valence-corrected chi connectivity index (χ1v) is 5.25. The highest BCUT2D eigenvalue weighted by Gasteiger charge is 2.38. The summed E-state index contributed by atoms with van der Waals surface area (Å²) in [6.07, 6.45) is 4.13. The summed E-state index contributed by atoms with van der Waals surface area (Å²) in [5, 5.41) is 8.77. The third kappa shape index (κ3) is 2.41. The number of ether oxygens (including phenoxy) is 1. The Bertz CT molecular complexity index is 308. The van der Waals surface area contributed by atoms with Crippen LogP contribution in [0.2, 0.25) is 5.82 Å². The van der Waals surface area contributed by atoms with Gasteiger partial charge >= 0.3 is 5.97 Å². The molecule has 0 radical (unpaired) electrons. The van der Waals surface area contributed by atoms with E-state index in [1.165, 1.54) is 7.11 Å². The quantitative estimate of drug-likeness (QED) is 0.388. The molecule has 0 unspecified atom stereocenters. The first-order chi connectivity index (χ1) is 7.11. The number of nitriles is 1. The second kappa shape index (κ2) is 5.02. The van der Waals surface area contributed by atoms with Crippen LogP contribution in [0.4, 0.5) is 0 Å². The molecular formula is C11H16BNO2. The van der Waals surface area contributed by atoms with Crippen LogP contribution in [-0.2, 0) is 9.53 Å². The van der Waals surface area contributed by atoms with Gasteiger partial charge in [-0.3, -0.25) is 4.79 Å². The minimum absolute atomic E-state index is 0.0856. The lowest BCUT2D eigenvalue weighted by Gasteiger charge is -2.33. The zero-order valence-electron chi connectivity index (χ0n) is 9.43. The molecule has 3 nitrogen and oxygen atoms in total. The van der Waals surface area contributed by atoms with Crippen molar-refractivity contribution in [2.24, 2.45) is 17.8 Å². The molecule has 1 rings (SSSR count). The molecule has 1 aliphatic rings. The third-order valence-electron chi connectivity index (χ3n) is 3.22. The summed E-state index contributed by atoms with van der Waals surface area (Å²) in [4.78, 5) is 11.6. The fourth-order valence-electron chi connectivity index (χ4n) is 2.27. The SMILES string of the molecule is COC(=O)[C@H]1[C@@H](BC#N)[C@@H](C)C=C[C@H]1C. The number of nitrogens with zero attached hydrogens (tertiary/aromatic N) is 1. The first-order valence-electron chi connectivity index (χ1n) is 5.25. The van der Waals surface area contributed by atoms with Crippen LogP contribution in [0.1, 0.15) is 13.8 Å². The average molecular weight is 205 g/mol. The minimum atomic E-state index is -0.195. The Kier molecular flexibility index (Phi) is 3.96. The van der Waals surface area contributed by atoms with Crippen LogP contribution < -0.4 is 0 Å². The summed E-state index contributed by atoms with van der Waals surface area (Å²) in [5.74, 6) is 2.30. The molecule has 0 N–H and O–H groups in total.